The molecular formula is C16H15ClN2O2. The summed E-state index contributed by atoms with van der Waals surface area (Å²) in [5.74, 6) is -0.0997. The second-order valence-electron chi connectivity index (χ2n) is 4.88. The van der Waals surface area contributed by atoms with Gasteiger partial charge in [-0.25, -0.2) is 0 Å². The predicted molar refractivity (Wildman–Crippen MR) is 80.3 cm³/mol. The van der Waals surface area contributed by atoms with Crippen LogP contribution in [0.2, 0.25) is 5.02 Å². The second kappa shape index (κ2) is 6.24. The van der Waals surface area contributed by atoms with Gasteiger partial charge in [0.2, 0.25) is 0 Å². The van der Waals surface area contributed by atoms with Gasteiger partial charge >= 0.3 is 0 Å². The topological polar surface area (TPSA) is 42.4 Å². The number of rotatable bonds is 2. The summed E-state index contributed by atoms with van der Waals surface area (Å²) < 4.78 is 5.77. The molecule has 2 heterocycles. The van der Waals surface area contributed by atoms with Gasteiger partial charge in [-0.1, -0.05) is 41.9 Å². The minimum absolute atomic E-state index is 0.0978. The largest absolute Gasteiger partial charge is 0.370 e. The molecule has 0 aliphatic carbocycles. The number of ether oxygens (including phenoxy) is 1. The highest BCUT2D eigenvalue weighted by molar-refractivity contribution is 6.33. The van der Waals surface area contributed by atoms with Crippen molar-refractivity contribution in [2.75, 3.05) is 19.7 Å². The van der Waals surface area contributed by atoms with E-state index in [1.165, 1.54) is 6.20 Å². The molecule has 2 aromatic rings. The van der Waals surface area contributed by atoms with E-state index in [0.717, 1.165) is 5.56 Å². The van der Waals surface area contributed by atoms with Gasteiger partial charge in [-0.05, 0) is 11.6 Å². The first-order valence-corrected chi connectivity index (χ1v) is 7.19. The Balaban J connectivity index is 1.77. The molecule has 1 aromatic heterocycles. The zero-order valence-corrected chi connectivity index (χ0v) is 12.2. The standard InChI is InChI=1S/C16H15ClN2O2/c17-14-6-7-18-10-13(14)16(20)19-8-9-21-15(11-19)12-4-2-1-3-5-12/h1-7,10,15H,8-9,11H2. The third-order valence-corrected chi connectivity index (χ3v) is 3.85. The summed E-state index contributed by atoms with van der Waals surface area (Å²) in [6, 6.07) is 11.6. The maximum absolute atomic E-state index is 12.5. The van der Waals surface area contributed by atoms with Crippen LogP contribution in [-0.2, 0) is 4.74 Å². The van der Waals surface area contributed by atoms with E-state index in [2.05, 4.69) is 4.98 Å². The summed E-state index contributed by atoms with van der Waals surface area (Å²) in [5.41, 5.74) is 1.51. The van der Waals surface area contributed by atoms with E-state index >= 15 is 0 Å². The fraction of sp³-hybridized carbons (Fsp3) is 0.250. The van der Waals surface area contributed by atoms with Crippen LogP contribution in [0.3, 0.4) is 0 Å². The summed E-state index contributed by atoms with van der Waals surface area (Å²) in [6.07, 6.45) is 2.99. The first kappa shape index (κ1) is 14.0. The number of halogens is 1. The summed E-state index contributed by atoms with van der Waals surface area (Å²) in [7, 11) is 0. The minimum Gasteiger partial charge on any atom is -0.370 e. The molecule has 3 rings (SSSR count). The molecule has 1 amide bonds. The molecule has 4 nitrogen and oxygen atoms in total. The van der Waals surface area contributed by atoms with Crippen LogP contribution < -0.4 is 0 Å². The van der Waals surface area contributed by atoms with Crippen molar-refractivity contribution in [3.8, 4) is 0 Å². The van der Waals surface area contributed by atoms with Crippen molar-refractivity contribution in [1.29, 1.82) is 0 Å². The molecular weight excluding hydrogens is 288 g/mol. The van der Waals surface area contributed by atoms with Gasteiger partial charge in [0.25, 0.3) is 5.91 Å². The van der Waals surface area contributed by atoms with Crippen molar-refractivity contribution < 1.29 is 9.53 Å². The normalized spacial score (nSPS) is 18.5. The summed E-state index contributed by atoms with van der Waals surface area (Å²) in [5, 5.41) is 0.428. The van der Waals surface area contributed by atoms with Crippen molar-refractivity contribution in [3.63, 3.8) is 0 Å². The third-order valence-electron chi connectivity index (χ3n) is 3.52. The van der Waals surface area contributed by atoms with Gasteiger partial charge in [-0.2, -0.15) is 0 Å². The Bertz CT molecular complexity index is 633. The summed E-state index contributed by atoms with van der Waals surface area (Å²) >= 11 is 6.07. The molecule has 5 heteroatoms. The van der Waals surface area contributed by atoms with Gasteiger partial charge in [0, 0.05) is 18.9 Å². The van der Waals surface area contributed by atoms with E-state index in [1.54, 1.807) is 17.2 Å². The van der Waals surface area contributed by atoms with E-state index in [9.17, 15) is 4.79 Å². The molecule has 1 aliphatic rings. The van der Waals surface area contributed by atoms with Gasteiger partial charge in [-0.15, -0.1) is 0 Å². The Morgan fingerprint density at radius 3 is 2.86 bits per heavy atom. The van der Waals surface area contributed by atoms with E-state index in [0.29, 0.717) is 30.3 Å². The predicted octanol–water partition coefficient (Wildman–Crippen LogP) is 2.95. The number of pyridine rings is 1. The second-order valence-corrected chi connectivity index (χ2v) is 5.28. The van der Waals surface area contributed by atoms with E-state index in [4.69, 9.17) is 16.3 Å². The lowest BCUT2D eigenvalue weighted by Gasteiger charge is -2.33. The number of hydrogen-bond acceptors (Lipinski definition) is 3. The molecule has 0 saturated carbocycles. The third kappa shape index (κ3) is 3.06. The Kier molecular flexibility index (Phi) is 4.18. The summed E-state index contributed by atoms with van der Waals surface area (Å²) in [4.78, 5) is 18.3. The number of aromatic nitrogens is 1. The zero-order chi connectivity index (χ0) is 14.7. The molecule has 0 spiro atoms. The molecule has 21 heavy (non-hydrogen) atoms. The first-order valence-electron chi connectivity index (χ1n) is 6.81. The van der Waals surface area contributed by atoms with Crippen molar-refractivity contribution in [1.82, 2.24) is 9.88 Å². The Morgan fingerprint density at radius 2 is 2.10 bits per heavy atom. The van der Waals surface area contributed by atoms with Crippen molar-refractivity contribution >= 4 is 17.5 Å². The van der Waals surface area contributed by atoms with Crippen LogP contribution in [0.15, 0.2) is 48.8 Å². The summed E-state index contributed by atoms with van der Waals surface area (Å²) in [6.45, 7) is 1.60. The molecule has 1 atom stereocenters. The maximum Gasteiger partial charge on any atom is 0.257 e. The number of benzene rings is 1. The molecule has 1 fully saturated rings. The van der Waals surface area contributed by atoms with E-state index in [1.807, 2.05) is 30.3 Å². The SMILES string of the molecule is O=C(c1cnccc1Cl)N1CCOC(c2ccccc2)C1. The number of nitrogens with zero attached hydrogens (tertiary/aromatic N) is 2. The Hall–Kier alpha value is -1.91. The highest BCUT2D eigenvalue weighted by Gasteiger charge is 2.27. The van der Waals surface area contributed by atoms with Crippen molar-refractivity contribution in [2.45, 2.75) is 6.10 Å². The van der Waals surface area contributed by atoms with Crippen LogP contribution in [0, 0.1) is 0 Å². The molecule has 1 unspecified atom stereocenters. The van der Waals surface area contributed by atoms with Crippen LogP contribution in [0.1, 0.15) is 22.0 Å². The van der Waals surface area contributed by atoms with Crippen molar-refractivity contribution in [2.24, 2.45) is 0 Å². The van der Waals surface area contributed by atoms with Gasteiger partial charge in [0.05, 0.1) is 23.7 Å². The molecule has 0 N–H and O–H groups in total. The average Bonchev–Trinajstić information content (AvgIpc) is 2.56. The number of carbonyl (C=O) groups is 1. The molecule has 0 radical (unpaired) electrons. The van der Waals surface area contributed by atoms with Crippen LogP contribution in [0.5, 0.6) is 0 Å². The van der Waals surface area contributed by atoms with E-state index < -0.39 is 0 Å². The van der Waals surface area contributed by atoms with Gasteiger partial charge < -0.3 is 9.64 Å². The smallest absolute Gasteiger partial charge is 0.257 e. The van der Waals surface area contributed by atoms with Gasteiger partial charge in [0.15, 0.2) is 0 Å². The molecule has 1 aromatic carbocycles. The Labute approximate surface area is 128 Å². The lowest BCUT2D eigenvalue weighted by molar-refractivity contribution is -0.0228. The first-order chi connectivity index (χ1) is 10.3. The number of hydrogen-bond donors (Lipinski definition) is 0. The lowest BCUT2D eigenvalue weighted by atomic mass is 10.1. The fourth-order valence-electron chi connectivity index (χ4n) is 2.41. The highest BCUT2D eigenvalue weighted by Crippen LogP contribution is 2.24. The average molecular weight is 303 g/mol. The molecule has 108 valence electrons. The van der Waals surface area contributed by atoms with Crippen LogP contribution in [0.25, 0.3) is 0 Å². The number of amides is 1. The van der Waals surface area contributed by atoms with Crippen molar-refractivity contribution in [3.05, 3.63) is 64.9 Å². The molecule has 1 aliphatic heterocycles. The highest BCUT2D eigenvalue weighted by atomic mass is 35.5. The van der Waals surface area contributed by atoms with Gasteiger partial charge in [-0.3, -0.25) is 9.78 Å². The van der Waals surface area contributed by atoms with Crippen LogP contribution in [-0.4, -0.2) is 35.5 Å². The van der Waals surface area contributed by atoms with E-state index in [-0.39, 0.29) is 12.0 Å². The zero-order valence-electron chi connectivity index (χ0n) is 11.4. The maximum atomic E-state index is 12.5. The fourth-order valence-corrected chi connectivity index (χ4v) is 2.59. The lowest BCUT2D eigenvalue weighted by Crippen LogP contribution is -2.42. The minimum atomic E-state index is -0.0997. The van der Waals surface area contributed by atoms with Crippen LogP contribution in [0.4, 0.5) is 0 Å². The number of morpholine rings is 1. The Morgan fingerprint density at radius 1 is 1.29 bits per heavy atom. The van der Waals surface area contributed by atoms with Gasteiger partial charge in [0.1, 0.15) is 6.10 Å². The van der Waals surface area contributed by atoms with Crippen LogP contribution >= 0.6 is 11.6 Å². The molecule has 1 saturated heterocycles. The number of carbonyl (C=O) groups excluding carboxylic acids is 1. The monoisotopic (exact) mass is 302 g/mol. The quantitative estimate of drug-likeness (QED) is 0.856. The molecule has 0 bridgehead atoms.